The second-order valence-corrected chi connectivity index (χ2v) is 8.05. The van der Waals surface area contributed by atoms with Crippen molar-refractivity contribution in [2.24, 2.45) is 0 Å². The lowest BCUT2D eigenvalue weighted by molar-refractivity contribution is -0.135. The number of carboxylic acid groups (broad SMARTS) is 1. The van der Waals surface area contributed by atoms with Gasteiger partial charge in [-0.05, 0) is 62.4 Å². The van der Waals surface area contributed by atoms with Crippen LogP contribution in [-0.2, 0) is 14.9 Å². The number of hydrogen-bond acceptors (Lipinski definition) is 3. The van der Waals surface area contributed by atoms with Crippen molar-refractivity contribution in [3.63, 3.8) is 0 Å². The Morgan fingerprint density at radius 1 is 1.27 bits per heavy atom. The number of halogens is 1. The molecule has 1 aliphatic carbocycles. The maximum atomic E-state index is 13.9. The molecular weight excluding hydrogens is 337 g/mol. The van der Waals surface area contributed by atoms with Gasteiger partial charge >= 0.3 is 12.1 Å². The molecule has 0 atom stereocenters. The molecule has 0 radical (unpaired) electrons. The number of carbonyl (C=O) groups is 2. The number of carbonyl (C=O) groups excluding carboxylic acids is 1. The SMILES string of the molecule is CC(C)(C)OC(=O)N1CCC2(C=C(CC(=O)O)c3ccc(F)cc32)CC1. The van der Waals surface area contributed by atoms with Gasteiger partial charge in [0.1, 0.15) is 11.4 Å². The number of allylic oxidation sites excluding steroid dienone is 1. The highest BCUT2D eigenvalue weighted by atomic mass is 19.1. The van der Waals surface area contributed by atoms with Crippen LogP contribution in [0, 0.1) is 5.82 Å². The lowest BCUT2D eigenvalue weighted by Gasteiger charge is -2.39. The van der Waals surface area contributed by atoms with E-state index in [4.69, 9.17) is 4.74 Å². The molecule has 3 rings (SSSR count). The van der Waals surface area contributed by atoms with E-state index < -0.39 is 17.0 Å². The Morgan fingerprint density at radius 2 is 1.92 bits per heavy atom. The van der Waals surface area contributed by atoms with E-state index in [0.29, 0.717) is 25.9 Å². The first-order valence-electron chi connectivity index (χ1n) is 8.81. The van der Waals surface area contributed by atoms with Gasteiger partial charge in [-0.15, -0.1) is 0 Å². The molecule has 1 fully saturated rings. The van der Waals surface area contributed by atoms with Gasteiger partial charge < -0.3 is 14.7 Å². The highest BCUT2D eigenvalue weighted by molar-refractivity contribution is 5.88. The van der Waals surface area contributed by atoms with Crippen molar-refractivity contribution >= 4 is 17.6 Å². The summed E-state index contributed by atoms with van der Waals surface area (Å²) >= 11 is 0. The van der Waals surface area contributed by atoms with Crippen molar-refractivity contribution in [2.45, 2.75) is 51.0 Å². The van der Waals surface area contributed by atoms with Crippen LogP contribution in [0.3, 0.4) is 0 Å². The lowest BCUT2D eigenvalue weighted by atomic mass is 9.74. The largest absolute Gasteiger partial charge is 0.481 e. The predicted octanol–water partition coefficient (Wildman–Crippen LogP) is 3.97. The molecule has 5 nitrogen and oxygen atoms in total. The predicted molar refractivity (Wildman–Crippen MR) is 95.3 cm³/mol. The molecule has 1 spiro atoms. The number of piperidine rings is 1. The van der Waals surface area contributed by atoms with Crippen LogP contribution in [0.1, 0.15) is 51.2 Å². The molecule has 1 aromatic carbocycles. The summed E-state index contributed by atoms with van der Waals surface area (Å²) in [4.78, 5) is 25.1. The first-order chi connectivity index (χ1) is 12.1. The fraction of sp³-hybridized carbons (Fsp3) is 0.500. The Kier molecular flexibility index (Phi) is 4.54. The number of carboxylic acids is 1. The Hall–Kier alpha value is -2.37. The van der Waals surface area contributed by atoms with Crippen LogP contribution in [0.15, 0.2) is 24.3 Å². The smallest absolute Gasteiger partial charge is 0.410 e. The van der Waals surface area contributed by atoms with Gasteiger partial charge in [0.05, 0.1) is 6.42 Å². The van der Waals surface area contributed by atoms with Crippen LogP contribution < -0.4 is 0 Å². The van der Waals surface area contributed by atoms with Crippen molar-refractivity contribution < 1.29 is 23.8 Å². The van der Waals surface area contributed by atoms with Crippen molar-refractivity contribution in [1.29, 1.82) is 0 Å². The zero-order chi connectivity index (χ0) is 19.1. The van der Waals surface area contributed by atoms with Crippen LogP contribution in [0.2, 0.25) is 0 Å². The molecular formula is C20H24FNO4. The number of rotatable bonds is 2. The fourth-order valence-corrected chi connectivity index (χ4v) is 3.84. The van der Waals surface area contributed by atoms with Crippen molar-refractivity contribution in [1.82, 2.24) is 4.90 Å². The zero-order valence-electron chi connectivity index (χ0n) is 15.3. The van der Waals surface area contributed by atoms with Crippen LogP contribution >= 0.6 is 0 Å². The summed E-state index contributed by atoms with van der Waals surface area (Å²) in [5.41, 5.74) is 1.39. The van der Waals surface area contributed by atoms with Gasteiger partial charge in [0, 0.05) is 18.5 Å². The summed E-state index contributed by atoms with van der Waals surface area (Å²) in [6.45, 7) is 6.46. The molecule has 0 saturated carbocycles. The first kappa shape index (κ1) is 18.4. The van der Waals surface area contributed by atoms with Gasteiger partial charge in [-0.3, -0.25) is 4.79 Å². The van der Waals surface area contributed by atoms with Gasteiger partial charge in [-0.2, -0.15) is 0 Å². The number of fused-ring (bicyclic) bond motifs is 2. The molecule has 0 bridgehead atoms. The van der Waals surface area contributed by atoms with Gasteiger partial charge in [-0.1, -0.05) is 12.1 Å². The topological polar surface area (TPSA) is 66.8 Å². The van der Waals surface area contributed by atoms with Crippen molar-refractivity contribution in [2.75, 3.05) is 13.1 Å². The highest BCUT2D eigenvalue weighted by Gasteiger charge is 2.42. The van der Waals surface area contributed by atoms with E-state index in [0.717, 1.165) is 16.7 Å². The molecule has 1 aliphatic heterocycles. The molecule has 0 unspecified atom stereocenters. The number of hydrogen-bond donors (Lipinski definition) is 1. The summed E-state index contributed by atoms with van der Waals surface area (Å²) in [5.74, 6) is -1.24. The summed E-state index contributed by atoms with van der Waals surface area (Å²) < 4.78 is 19.3. The van der Waals surface area contributed by atoms with Crippen molar-refractivity contribution in [3.05, 3.63) is 41.2 Å². The monoisotopic (exact) mass is 361 g/mol. The van der Waals surface area contributed by atoms with Crippen LogP contribution in [0.25, 0.3) is 5.57 Å². The Balaban J connectivity index is 1.83. The van der Waals surface area contributed by atoms with E-state index in [1.54, 1.807) is 11.0 Å². The van der Waals surface area contributed by atoms with E-state index >= 15 is 0 Å². The molecule has 1 heterocycles. The summed E-state index contributed by atoms with van der Waals surface area (Å²) in [6, 6.07) is 4.53. The van der Waals surface area contributed by atoms with Gasteiger partial charge in [0.25, 0.3) is 0 Å². The second kappa shape index (κ2) is 6.41. The average molecular weight is 361 g/mol. The number of ether oxygens (including phenoxy) is 1. The molecule has 140 valence electrons. The summed E-state index contributed by atoms with van der Waals surface area (Å²) in [7, 11) is 0. The fourth-order valence-electron chi connectivity index (χ4n) is 3.84. The van der Waals surface area contributed by atoms with Crippen LogP contribution in [-0.4, -0.2) is 40.8 Å². The number of likely N-dealkylation sites (tertiary alicyclic amines) is 1. The third kappa shape index (κ3) is 3.59. The molecule has 1 aromatic rings. The van der Waals surface area contributed by atoms with Gasteiger partial charge in [-0.25, -0.2) is 9.18 Å². The Morgan fingerprint density at radius 3 is 2.50 bits per heavy atom. The van der Waals surface area contributed by atoms with Crippen LogP contribution in [0.5, 0.6) is 0 Å². The minimum absolute atomic E-state index is 0.0871. The molecule has 1 N–H and O–H groups in total. The molecule has 1 saturated heterocycles. The van der Waals surface area contributed by atoms with E-state index in [1.807, 2.05) is 26.8 Å². The number of aliphatic carboxylic acids is 1. The first-order valence-corrected chi connectivity index (χ1v) is 8.81. The lowest BCUT2D eigenvalue weighted by Crippen LogP contribution is -2.45. The third-order valence-corrected chi connectivity index (χ3v) is 4.96. The van der Waals surface area contributed by atoms with E-state index in [9.17, 15) is 19.1 Å². The van der Waals surface area contributed by atoms with Gasteiger partial charge in [0.15, 0.2) is 0 Å². The summed E-state index contributed by atoms with van der Waals surface area (Å²) in [6.07, 6.45) is 2.77. The van der Waals surface area contributed by atoms with Crippen molar-refractivity contribution in [3.8, 4) is 0 Å². The Bertz CT molecular complexity index is 771. The number of nitrogens with zero attached hydrogens (tertiary/aromatic N) is 1. The summed E-state index contributed by atoms with van der Waals surface area (Å²) in [5, 5.41) is 9.18. The highest BCUT2D eigenvalue weighted by Crippen LogP contribution is 2.48. The minimum atomic E-state index is -0.908. The molecule has 26 heavy (non-hydrogen) atoms. The minimum Gasteiger partial charge on any atom is -0.481 e. The normalized spacial score (nSPS) is 18.5. The van der Waals surface area contributed by atoms with E-state index in [2.05, 4.69) is 0 Å². The van der Waals surface area contributed by atoms with Gasteiger partial charge in [0.2, 0.25) is 0 Å². The van der Waals surface area contributed by atoms with E-state index in [1.165, 1.54) is 12.1 Å². The molecule has 0 aromatic heterocycles. The zero-order valence-corrected chi connectivity index (χ0v) is 15.3. The maximum Gasteiger partial charge on any atom is 0.410 e. The van der Waals surface area contributed by atoms with Crippen LogP contribution in [0.4, 0.5) is 9.18 Å². The maximum absolute atomic E-state index is 13.9. The van der Waals surface area contributed by atoms with E-state index in [-0.39, 0.29) is 18.3 Å². The standard InChI is InChI=1S/C20H24FNO4/c1-19(2,3)26-18(25)22-8-6-20(7-9-22)12-13(10-17(23)24)15-5-4-14(21)11-16(15)20/h4-5,11-12H,6-10H2,1-3H3,(H,23,24). The second-order valence-electron chi connectivity index (χ2n) is 8.05. The average Bonchev–Trinajstić information content (AvgIpc) is 2.79. The number of benzene rings is 1. The Labute approximate surface area is 152 Å². The molecule has 1 amide bonds. The quantitative estimate of drug-likeness (QED) is 0.866. The number of amides is 1. The molecule has 2 aliphatic rings. The molecule has 6 heteroatoms. The third-order valence-electron chi connectivity index (χ3n) is 4.96.